The lowest BCUT2D eigenvalue weighted by Gasteiger charge is -2.33. The summed E-state index contributed by atoms with van der Waals surface area (Å²) >= 11 is 0. The summed E-state index contributed by atoms with van der Waals surface area (Å²) in [6.45, 7) is 13.0. The minimum absolute atomic E-state index is 0.0557. The molecule has 44 heavy (non-hydrogen) atoms. The topological polar surface area (TPSA) is 86.0 Å². The number of fused-ring (bicyclic) bond motifs is 1. The van der Waals surface area contributed by atoms with Crippen LogP contribution in [0.1, 0.15) is 71.3 Å². The average Bonchev–Trinajstić information content (AvgIpc) is 3.68. The van der Waals surface area contributed by atoms with E-state index < -0.39 is 5.97 Å². The van der Waals surface area contributed by atoms with Crippen molar-refractivity contribution in [1.29, 1.82) is 0 Å². The lowest BCUT2D eigenvalue weighted by molar-refractivity contribution is 0.0692. The number of allylic oxidation sites excluding steroid dienone is 4. The number of para-hydroxylation sites is 1. The van der Waals surface area contributed by atoms with E-state index in [1.807, 2.05) is 13.0 Å². The normalized spacial score (nSPS) is 23.6. The Bertz CT molecular complexity index is 1570. The van der Waals surface area contributed by atoms with Crippen LogP contribution in [0.25, 0.3) is 5.70 Å². The maximum absolute atomic E-state index is 11.8. The molecular formula is C36H43N3O5. The van der Waals surface area contributed by atoms with Crippen LogP contribution in [0.5, 0.6) is 11.6 Å². The fourth-order valence-corrected chi connectivity index (χ4v) is 6.91. The van der Waals surface area contributed by atoms with Crippen LogP contribution in [0.15, 0.2) is 60.8 Å². The maximum atomic E-state index is 11.8. The number of aryl methyl sites for hydroxylation is 1. The first kappa shape index (κ1) is 30.2. The van der Waals surface area contributed by atoms with Crippen molar-refractivity contribution in [3.63, 3.8) is 0 Å². The monoisotopic (exact) mass is 597 g/mol. The number of aromatic nitrogens is 2. The lowest BCUT2D eigenvalue weighted by atomic mass is 9.78. The van der Waals surface area contributed by atoms with E-state index in [0.717, 1.165) is 61.7 Å². The summed E-state index contributed by atoms with van der Waals surface area (Å²) < 4.78 is 19.7. The standard InChI is InChI=1S/C36H43N3O5/c1-5-43-35-32(36(40)41)19-37-39(35)33-11-7-9-30(24(3)25(33)4)31-10-6-8-23(2)34(31)44-21-26-12-13-28-20-38(16-14-27(28)18-26)29-15-17-42-22-29/h6-13,18-19,24-25,29-30H,5,14-17,20-22H2,1-4H3,(H,40,41). The van der Waals surface area contributed by atoms with Crippen molar-refractivity contribution in [1.82, 2.24) is 14.7 Å². The summed E-state index contributed by atoms with van der Waals surface area (Å²) in [5, 5.41) is 14.1. The number of aromatic carboxylic acids is 1. The summed E-state index contributed by atoms with van der Waals surface area (Å²) in [4.78, 5) is 14.4. The van der Waals surface area contributed by atoms with E-state index >= 15 is 0 Å². The molecule has 232 valence electrons. The minimum atomic E-state index is -1.05. The Morgan fingerprint density at radius 3 is 2.80 bits per heavy atom. The van der Waals surface area contributed by atoms with Gasteiger partial charge in [-0.05, 0) is 60.9 Å². The predicted molar refractivity (Wildman–Crippen MR) is 170 cm³/mol. The Morgan fingerprint density at radius 1 is 1.16 bits per heavy atom. The molecule has 1 fully saturated rings. The van der Waals surface area contributed by atoms with Crippen LogP contribution in [0.3, 0.4) is 0 Å². The molecule has 6 rings (SSSR count). The molecule has 4 atom stereocenters. The Kier molecular flexibility index (Phi) is 8.91. The molecule has 8 nitrogen and oxygen atoms in total. The first-order chi connectivity index (χ1) is 21.4. The third kappa shape index (κ3) is 5.93. The predicted octanol–water partition coefficient (Wildman–Crippen LogP) is 6.48. The molecule has 1 aromatic heterocycles. The number of carboxylic acid groups (broad SMARTS) is 1. The van der Waals surface area contributed by atoms with Gasteiger partial charge in [-0.2, -0.15) is 5.10 Å². The van der Waals surface area contributed by atoms with Crippen LogP contribution in [0, 0.1) is 18.8 Å². The number of benzene rings is 2. The molecule has 1 N–H and O–H groups in total. The zero-order chi connectivity index (χ0) is 30.8. The third-order valence-corrected chi connectivity index (χ3v) is 9.61. The molecule has 0 spiro atoms. The first-order valence-corrected chi connectivity index (χ1v) is 15.8. The third-order valence-electron chi connectivity index (χ3n) is 9.61. The molecule has 0 radical (unpaired) electrons. The smallest absolute Gasteiger partial charge is 0.342 e. The number of nitrogens with zero attached hydrogens (tertiary/aromatic N) is 3. The van der Waals surface area contributed by atoms with Crippen LogP contribution >= 0.6 is 0 Å². The molecule has 3 heterocycles. The largest absolute Gasteiger partial charge is 0.488 e. The van der Waals surface area contributed by atoms with Gasteiger partial charge in [0.1, 0.15) is 17.9 Å². The summed E-state index contributed by atoms with van der Waals surface area (Å²) in [5.74, 6) is 0.463. The van der Waals surface area contributed by atoms with Crippen molar-refractivity contribution in [2.45, 2.75) is 65.6 Å². The zero-order valence-corrected chi connectivity index (χ0v) is 26.2. The first-order valence-electron chi connectivity index (χ1n) is 15.8. The van der Waals surface area contributed by atoms with Crippen LogP contribution in [0.2, 0.25) is 0 Å². The van der Waals surface area contributed by atoms with Gasteiger partial charge in [-0.1, -0.05) is 62.4 Å². The van der Waals surface area contributed by atoms with E-state index in [2.05, 4.69) is 79.3 Å². The summed E-state index contributed by atoms with van der Waals surface area (Å²) in [6, 6.07) is 13.7. The Hall–Kier alpha value is -3.88. The Balaban J connectivity index is 1.20. The van der Waals surface area contributed by atoms with Gasteiger partial charge in [-0.15, -0.1) is 0 Å². The maximum Gasteiger partial charge on any atom is 0.342 e. The van der Waals surface area contributed by atoms with Gasteiger partial charge in [0, 0.05) is 48.8 Å². The van der Waals surface area contributed by atoms with E-state index in [-0.39, 0.29) is 29.2 Å². The molecule has 0 bridgehead atoms. The van der Waals surface area contributed by atoms with E-state index in [1.54, 1.807) is 4.68 Å². The van der Waals surface area contributed by atoms with Gasteiger partial charge >= 0.3 is 5.97 Å². The van der Waals surface area contributed by atoms with Crippen molar-refractivity contribution < 1.29 is 24.1 Å². The van der Waals surface area contributed by atoms with Gasteiger partial charge < -0.3 is 19.3 Å². The summed E-state index contributed by atoms with van der Waals surface area (Å²) in [7, 11) is 0. The summed E-state index contributed by atoms with van der Waals surface area (Å²) in [5.41, 5.74) is 7.25. The number of hydrogen-bond donors (Lipinski definition) is 1. The van der Waals surface area contributed by atoms with Crippen molar-refractivity contribution in [3.8, 4) is 11.6 Å². The van der Waals surface area contributed by atoms with Gasteiger partial charge in [0.25, 0.3) is 0 Å². The van der Waals surface area contributed by atoms with Crippen molar-refractivity contribution in [3.05, 3.63) is 94.2 Å². The molecule has 3 aliphatic rings. The number of carboxylic acids is 1. The molecule has 3 aromatic rings. The zero-order valence-electron chi connectivity index (χ0n) is 26.2. The van der Waals surface area contributed by atoms with Gasteiger partial charge in [0.15, 0.2) is 0 Å². The quantitative estimate of drug-likeness (QED) is 0.302. The molecule has 0 amide bonds. The van der Waals surface area contributed by atoms with Crippen LogP contribution < -0.4 is 9.47 Å². The van der Waals surface area contributed by atoms with E-state index in [0.29, 0.717) is 19.3 Å². The van der Waals surface area contributed by atoms with Gasteiger partial charge in [0.2, 0.25) is 5.88 Å². The van der Waals surface area contributed by atoms with Crippen LogP contribution in [0.4, 0.5) is 0 Å². The molecule has 4 unspecified atom stereocenters. The summed E-state index contributed by atoms with van der Waals surface area (Å²) in [6.07, 6.45) is 9.85. The highest BCUT2D eigenvalue weighted by Crippen LogP contribution is 2.43. The second-order valence-corrected chi connectivity index (χ2v) is 12.3. The van der Waals surface area contributed by atoms with Gasteiger partial charge in [0.05, 0.1) is 19.4 Å². The minimum Gasteiger partial charge on any atom is -0.488 e. The van der Waals surface area contributed by atoms with E-state index in [4.69, 9.17) is 14.2 Å². The number of hydrogen-bond acceptors (Lipinski definition) is 6. The average molecular weight is 598 g/mol. The second-order valence-electron chi connectivity index (χ2n) is 12.3. The SMILES string of the molecule is CCOc1c(C(=O)O)cnn1C1=CC=CC(c2cccc(C)c2OCc2ccc3c(c2)CCN(C2CCOC2)C3)C(C)C1C. The highest BCUT2D eigenvalue weighted by Gasteiger charge is 2.32. The lowest BCUT2D eigenvalue weighted by Crippen LogP contribution is -2.39. The molecule has 8 heteroatoms. The highest BCUT2D eigenvalue weighted by atomic mass is 16.5. The van der Waals surface area contributed by atoms with Crippen molar-refractivity contribution in [2.24, 2.45) is 11.8 Å². The molecule has 1 aliphatic carbocycles. The Labute approximate surface area is 259 Å². The number of rotatable bonds is 9. The number of ether oxygens (including phenoxy) is 3. The Morgan fingerprint density at radius 2 is 2.02 bits per heavy atom. The fraction of sp³-hybridized carbons (Fsp3) is 0.444. The van der Waals surface area contributed by atoms with Crippen molar-refractivity contribution >= 4 is 11.7 Å². The highest BCUT2D eigenvalue weighted by molar-refractivity contribution is 5.90. The molecule has 0 saturated carbocycles. The fourth-order valence-electron chi connectivity index (χ4n) is 6.91. The second kappa shape index (κ2) is 13.0. The van der Waals surface area contributed by atoms with Crippen LogP contribution in [-0.2, 0) is 24.3 Å². The van der Waals surface area contributed by atoms with Crippen molar-refractivity contribution in [2.75, 3.05) is 26.4 Å². The van der Waals surface area contributed by atoms with E-state index in [1.165, 1.54) is 22.9 Å². The number of carbonyl (C=O) groups is 1. The van der Waals surface area contributed by atoms with Crippen LogP contribution in [-0.4, -0.2) is 58.2 Å². The molecular weight excluding hydrogens is 554 g/mol. The molecule has 2 aromatic carbocycles. The van der Waals surface area contributed by atoms with Gasteiger partial charge in [-0.25, -0.2) is 9.48 Å². The van der Waals surface area contributed by atoms with Gasteiger partial charge in [-0.3, -0.25) is 4.90 Å². The van der Waals surface area contributed by atoms with E-state index in [9.17, 15) is 9.90 Å². The molecule has 2 aliphatic heterocycles. The molecule has 1 saturated heterocycles.